The molecule has 0 saturated heterocycles. The van der Waals surface area contributed by atoms with Crippen LogP contribution in [0.1, 0.15) is 5.56 Å². The van der Waals surface area contributed by atoms with Gasteiger partial charge in [-0.25, -0.2) is 13.2 Å². The van der Waals surface area contributed by atoms with Gasteiger partial charge in [-0.15, -0.1) is 11.3 Å². The maximum absolute atomic E-state index is 12.6. The Balaban J connectivity index is 1.48. The number of amides is 1. The summed E-state index contributed by atoms with van der Waals surface area (Å²) in [5.74, 6) is -1.34. The molecule has 186 valence electrons. The summed E-state index contributed by atoms with van der Waals surface area (Å²) >= 11 is 1.10. The summed E-state index contributed by atoms with van der Waals surface area (Å²) in [6, 6.07) is 14.2. The summed E-state index contributed by atoms with van der Waals surface area (Å²) in [6.07, 6.45) is 0. The monoisotopic (exact) mass is 530 g/mol. The number of ether oxygens (including phenoxy) is 2. The molecule has 3 aromatic rings. The van der Waals surface area contributed by atoms with Crippen molar-refractivity contribution < 1.29 is 32.4 Å². The van der Waals surface area contributed by atoms with Crippen molar-refractivity contribution in [3.8, 4) is 11.8 Å². The zero-order valence-corrected chi connectivity index (χ0v) is 20.2. The van der Waals surface area contributed by atoms with E-state index in [-0.39, 0.29) is 26.9 Å². The van der Waals surface area contributed by atoms with E-state index in [1.54, 1.807) is 17.5 Å². The summed E-state index contributed by atoms with van der Waals surface area (Å²) < 4.78 is 36.6. The standard InChI is InChI=1S/C22H18N4O8S2/c1-25(36(31,32)22-3-2-10-35-22)16-4-7-18(8-5-16)33-14-21(28)34-13-20(27)24-19-9-6-17(26(29)30)11-15(19)12-23/h2-11H,13-14H2,1H3,(H,24,27). The van der Waals surface area contributed by atoms with E-state index in [4.69, 9.17) is 14.7 Å². The van der Waals surface area contributed by atoms with Crippen molar-refractivity contribution in [3.63, 3.8) is 0 Å². The molecule has 0 bridgehead atoms. The number of rotatable bonds is 10. The van der Waals surface area contributed by atoms with Crippen LogP contribution in [0.25, 0.3) is 0 Å². The van der Waals surface area contributed by atoms with E-state index in [0.29, 0.717) is 5.69 Å². The molecule has 0 radical (unpaired) electrons. The molecule has 0 saturated carbocycles. The number of sulfonamides is 1. The van der Waals surface area contributed by atoms with Crippen LogP contribution in [-0.2, 0) is 24.3 Å². The van der Waals surface area contributed by atoms with Crippen LogP contribution in [0.5, 0.6) is 5.75 Å². The Kier molecular flexibility index (Phi) is 8.20. The summed E-state index contributed by atoms with van der Waals surface area (Å²) in [5.41, 5.74) is -0.00837. The molecule has 1 amide bonds. The number of nitro groups is 1. The van der Waals surface area contributed by atoms with Gasteiger partial charge in [0.15, 0.2) is 13.2 Å². The van der Waals surface area contributed by atoms with Crippen LogP contribution in [0.2, 0.25) is 0 Å². The Morgan fingerprint density at radius 1 is 1.17 bits per heavy atom. The maximum Gasteiger partial charge on any atom is 0.344 e. The van der Waals surface area contributed by atoms with Crippen LogP contribution < -0.4 is 14.4 Å². The molecule has 14 heteroatoms. The molecule has 0 fully saturated rings. The molecular formula is C22H18N4O8S2. The number of nitrogens with one attached hydrogen (secondary N) is 1. The molecule has 1 heterocycles. The second kappa shape index (κ2) is 11.3. The van der Waals surface area contributed by atoms with Gasteiger partial charge in [0.2, 0.25) is 0 Å². The fourth-order valence-corrected chi connectivity index (χ4v) is 5.16. The fourth-order valence-electron chi connectivity index (χ4n) is 2.80. The van der Waals surface area contributed by atoms with Crippen molar-refractivity contribution in [1.82, 2.24) is 0 Å². The van der Waals surface area contributed by atoms with Crippen LogP contribution in [-0.4, -0.2) is 45.5 Å². The number of esters is 1. The summed E-state index contributed by atoms with van der Waals surface area (Å²) in [5, 5.41) is 23.9. The molecule has 2 aromatic carbocycles. The van der Waals surface area contributed by atoms with Gasteiger partial charge in [0, 0.05) is 19.2 Å². The van der Waals surface area contributed by atoms with Crippen LogP contribution in [0, 0.1) is 21.4 Å². The van der Waals surface area contributed by atoms with Crippen LogP contribution in [0.15, 0.2) is 64.2 Å². The fraction of sp³-hybridized carbons (Fsp3) is 0.136. The zero-order valence-electron chi connectivity index (χ0n) is 18.6. The van der Waals surface area contributed by atoms with Crippen LogP contribution in [0.4, 0.5) is 17.1 Å². The summed E-state index contributed by atoms with van der Waals surface area (Å²) in [4.78, 5) is 34.0. The average Bonchev–Trinajstić information content (AvgIpc) is 3.42. The minimum absolute atomic E-state index is 0.0338. The summed E-state index contributed by atoms with van der Waals surface area (Å²) in [6.45, 7) is -1.19. The largest absolute Gasteiger partial charge is 0.482 e. The smallest absolute Gasteiger partial charge is 0.344 e. The lowest BCUT2D eigenvalue weighted by atomic mass is 10.1. The SMILES string of the molecule is CN(c1ccc(OCC(=O)OCC(=O)Nc2ccc([N+](=O)[O-])cc2C#N)cc1)S(=O)(=O)c1cccs1. The van der Waals surface area contributed by atoms with E-state index < -0.39 is 40.0 Å². The van der Waals surface area contributed by atoms with Gasteiger partial charge in [-0.2, -0.15) is 5.26 Å². The van der Waals surface area contributed by atoms with Crippen molar-refractivity contribution in [2.75, 3.05) is 29.9 Å². The number of carbonyl (C=O) groups excluding carboxylic acids is 2. The number of nitrogens with zero attached hydrogens (tertiary/aromatic N) is 3. The molecule has 1 aromatic heterocycles. The second-order valence-corrected chi connectivity index (χ2v) is 10.1. The van der Waals surface area contributed by atoms with Crippen LogP contribution in [0.3, 0.4) is 0 Å². The number of nitro benzene ring substituents is 1. The Morgan fingerprint density at radius 2 is 1.89 bits per heavy atom. The van der Waals surface area contributed by atoms with Gasteiger partial charge in [0.1, 0.15) is 16.0 Å². The minimum atomic E-state index is -3.68. The van der Waals surface area contributed by atoms with Crippen molar-refractivity contribution in [3.05, 3.63) is 75.7 Å². The van der Waals surface area contributed by atoms with Crippen molar-refractivity contribution in [1.29, 1.82) is 5.26 Å². The van der Waals surface area contributed by atoms with Crippen molar-refractivity contribution in [2.45, 2.75) is 4.21 Å². The number of non-ortho nitro benzene ring substituents is 1. The minimum Gasteiger partial charge on any atom is -0.482 e. The first-order valence-electron chi connectivity index (χ1n) is 10.0. The highest BCUT2D eigenvalue weighted by Gasteiger charge is 2.22. The third-order valence-corrected chi connectivity index (χ3v) is 7.80. The quantitative estimate of drug-likeness (QED) is 0.235. The van der Waals surface area contributed by atoms with Gasteiger partial charge >= 0.3 is 5.97 Å². The Labute approximate surface area is 209 Å². The van der Waals surface area contributed by atoms with Gasteiger partial charge in [0.25, 0.3) is 21.6 Å². The zero-order chi connectivity index (χ0) is 26.3. The second-order valence-electron chi connectivity index (χ2n) is 6.99. The highest BCUT2D eigenvalue weighted by molar-refractivity contribution is 7.94. The Morgan fingerprint density at radius 3 is 2.50 bits per heavy atom. The van der Waals surface area contributed by atoms with Crippen molar-refractivity contribution >= 4 is 50.3 Å². The third kappa shape index (κ3) is 6.34. The van der Waals surface area contributed by atoms with Gasteiger partial charge in [-0.05, 0) is 41.8 Å². The predicted octanol–water partition coefficient (Wildman–Crippen LogP) is 2.91. The summed E-state index contributed by atoms with van der Waals surface area (Å²) in [7, 11) is -2.26. The lowest BCUT2D eigenvalue weighted by Crippen LogP contribution is -2.25. The first-order chi connectivity index (χ1) is 17.1. The average molecular weight is 531 g/mol. The lowest BCUT2D eigenvalue weighted by molar-refractivity contribution is -0.384. The normalized spacial score (nSPS) is 10.7. The van der Waals surface area contributed by atoms with E-state index in [1.165, 1.54) is 43.4 Å². The van der Waals surface area contributed by atoms with E-state index in [2.05, 4.69) is 5.32 Å². The van der Waals surface area contributed by atoms with Gasteiger partial charge < -0.3 is 14.8 Å². The molecule has 0 aliphatic rings. The molecule has 0 unspecified atom stereocenters. The maximum atomic E-state index is 12.6. The number of benzene rings is 2. The molecule has 0 aliphatic heterocycles. The molecule has 36 heavy (non-hydrogen) atoms. The van der Waals surface area contributed by atoms with Crippen molar-refractivity contribution in [2.24, 2.45) is 0 Å². The van der Waals surface area contributed by atoms with Gasteiger partial charge in [-0.1, -0.05) is 6.07 Å². The third-order valence-electron chi connectivity index (χ3n) is 4.64. The topological polar surface area (TPSA) is 169 Å². The van der Waals surface area contributed by atoms with E-state index in [9.17, 15) is 28.1 Å². The molecular weight excluding hydrogens is 512 g/mol. The number of thiophene rings is 1. The van der Waals surface area contributed by atoms with Crippen LogP contribution >= 0.6 is 11.3 Å². The number of hydrogen-bond acceptors (Lipinski definition) is 10. The first-order valence-corrected chi connectivity index (χ1v) is 12.3. The Bertz CT molecular complexity index is 1420. The van der Waals surface area contributed by atoms with Gasteiger partial charge in [-0.3, -0.25) is 19.2 Å². The lowest BCUT2D eigenvalue weighted by Gasteiger charge is -2.18. The molecule has 1 N–H and O–H groups in total. The number of carbonyl (C=O) groups is 2. The molecule has 0 aliphatic carbocycles. The molecule has 12 nitrogen and oxygen atoms in total. The highest BCUT2D eigenvalue weighted by Crippen LogP contribution is 2.26. The van der Waals surface area contributed by atoms with E-state index in [0.717, 1.165) is 27.8 Å². The molecule has 0 atom stereocenters. The Hall–Kier alpha value is -4.48. The predicted molar refractivity (Wildman–Crippen MR) is 129 cm³/mol. The molecule has 3 rings (SSSR count). The van der Waals surface area contributed by atoms with E-state index >= 15 is 0 Å². The highest BCUT2D eigenvalue weighted by atomic mass is 32.2. The number of hydrogen-bond donors (Lipinski definition) is 1. The number of nitriles is 1. The number of anilines is 2. The van der Waals surface area contributed by atoms with Gasteiger partial charge in [0.05, 0.1) is 21.9 Å². The molecule has 0 spiro atoms. The van der Waals surface area contributed by atoms with E-state index in [1.807, 2.05) is 0 Å². The first kappa shape index (κ1) is 26.1.